The van der Waals surface area contributed by atoms with Gasteiger partial charge < -0.3 is 5.32 Å². The first kappa shape index (κ1) is 17.0. The number of pyridine rings is 1. The molecule has 3 aromatic heterocycles. The number of nitrogens with one attached hydrogen (secondary N) is 1. The van der Waals surface area contributed by atoms with E-state index >= 15 is 0 Å². The van der Waals surface area contributed by atoms with Crippen molar-refractivity contribution in [3.05, 3.63) is 60.0 Å². The lowest BCUT2D eigenvalue weighted by molar-refractivity contribution is 0.0952. The maximum Gasteiger partial charge on any atom is 0.251 e. The van der Waals surface area contributed by atoms with Crippen molar-refractivity contribution >= 4 is 28.7 Å². The minimum Gasteiger partial charge on any atom is -0.350 e. The summed E-state index contributed by atoms with van der Waals surface area (Å²) in [5.74, 6) is 0.475. The van der Waals surface area contributed by atoms with E-state index in [1.54, 1.807) is 24.5 Å². The molecule has 0 saturated heterocycles. The molecule has 28 heavy (non-hydrogen) atoms. The van der Waals surface area contributed by atoms with Crippen LogP contribution in [0.5, 0.6) is 0 Å². The summed E-state index contributed by atoms with van der Waals surface area (Å²) in [7, 11) is 0. The molecule has 7 nitrogen and oxygen atoms in total. The predicted octanol–water partition coefficient (Wildman–Crippen LogP) is 3.26. The Hall–Kier alpha value is -3.13. The molecule has 0 spiro atoms. The highest BCUT2D eigenvalue weighted by molar-refractivity contribution is 7.00. The molecule has 1 aliphatic rings. The summed E-state index contributed by atoms with van der Waals surface area (Å²) >= 11 is 1.15. The first-order valence-corrected chi connectivity index (χ1v) is 9.99. The quantitative estimate of drug-likeness (QED) is 0.546. The van der Waals surface area contributed by atoms with Crippen molar-refractivity contribution in [2.45, 2.75) is 25.3 Å². The van der Waals surface area contributed by atoms with Crippen molar-refractivity contribution in [3.63, 3.8) is 0 Å². The van der Waals surface area contributed by atoms with E-state index in [1.807, 2.05) is 22.9 Å². The maximum atomic E-state index is 12.5. The van der Waals surface area contributed by atoms with Crippen molar-refractivity contribution in [1.29, 1.82) is 0 Å². The Balaban J connectivity index is 1.28. The van der Waals surface area contributed by atoms with E-state index in [0.29, 0.717) is 24.6 Å². The number of rotatable bonds is 6. The number of amides is 1. The summed E-state index contributed by atoms with van der Waals surface area (Å²) in [6.45, 7) is 1.16. The Kier molecular flexibility index (Phi) is 4.32. The predicted molar refractivity (Wildman–Crippen MR) is 107 cm³/mol. The Morgan fingerprint density at radius 3 is 2.75 bits per heavy atom. The van der Waals surface area contributed by atoms with Crippen LogP contribution in [0.15, 0.2) is 48.8 Å². The Morgan fingerprint density at radius 2 is 1.93 bits per heavy atom. The van der Waals surface area contributed by atoms with Crippen LogP contribution in [-0.2, 0) is 6.54 Å². The second-order valence-electron chi connectivity index (χ2n) is 6.91. The highest BCUT2D eigenvalue weighted by Gasteiger charge is 2.28. The molecule has 1 N–H and O–H groups in total. The Morgan fingerprint density at radius 1 is 1.11 bits per heavy atom. The Labute approximate surface area is 165 Å². The van der Waals surface area contributed by atoms with Crippen molar-refractivity contribution in [3.8, 4) is 11.3 Å². The molecule has 0 aliphatic heterocycles. The van der Waals surface area contributed by atoms with E-state index < -0.39 is 0 Å². The molecule has 0 atom stereocenters. The number of fused-ring (bicyclic) bond motifs is 1. The summed E-state index contributed by atoms with van der Waals surface area (Å²) in [4.78, 5) is 16.5. The van der Waals surface area contributed by atoms with E-state index in [9.17, 15) is 4.79 Å². The van der Waals surface area contributed by atoms with Crippen LogP contribution in [0.25, 0.3) is 22.3 Å². The van der Waals surface area contributed by atoms with Gasteiger partial charge in [-0.15, -0.1) is 0 Å². The molecule has 0 unspecified atom stereocenters. The first-order chi connectivity index (χ1) is 13.8. The minimum atomic E-state index is -0.107. The van der Waals surface area contributed by atoms with Gasteiger partial charge in [-0.2, -0.15) is 13.8 Å². The van der Waals surface area contributed by atoms with E-state index in [1.165, 1.54) is 18.5 Å². The molecule has 140 valence electrons. The zero-order valence-corrected chi connectivity index (χ0v) is 15.9. The van der Waals surface area contributed by atoms with Crippen LogP contribution in [0.1, 0.15) is 34.8 Å². The molecule has 4 aromatic rings. The summed E-state index contributed by atoms with van der Waals surface area (Å²) in [6, 6.07) is 11.5. The number of aromatic nitrogens is 5. The van der Waals surface area contributed by atoms with Crippen molar-refractivity contribution < 1.29 is 4.79 Å². The van der Waals surface area contributed by atoms with E-state index in [-0.39, 0.29) is 5.91 Å². The number of nitrogens with zero attached hydrogens (tertiary/aromatic N) is 5. The summed E-state index contributed by atoms with van der Waals surface area (Å²) in [6.07, 6.45) is 5.96. The third kappa shape index (κ3) is 3.38. The van der Waals surface area contributed by atoms with Crippen molar-refractivity contribution in [2.24, 2.45) is 0 Å². The average molecular weight is 390 g/mol. The molecule has 1 aliphatic carbocycles. The lowest BCUT2D eigenvalue weighted by atomic mass is 10.2. The van der Waals surface area contributed by atoms with Crippen LogP contribution in [0.3, 0.4) is 0 Å². The molecule has 1 amide bonds. The SMILES string of the molecule is O=C(NCCn1nc(-c2ccncc2)cc1C1CC1)c1ccc2nsnc2c1. The van der Waals surface area contributed by atoms with Crippen LogP contribution in [0.4, 0.5) is 0 Å². The number of carbonyl (C=O) groups excluding carboxylic acids is 1. The number of hydrogen-bond donors (Lipinski definition) is 1. The van der Waals surface area contributed by atoms with Crippen LogP contribution in [0, 0.1) is 0 Å². The molecule has 0 radical (unpaired) electrons. The highest BCUT2D eigenvalue weighted by atomic mass is 32.1. The molecule has 1 aromatic carbocycles. The van der Waals surface area contributed by atoms with Gasteiger partial charge in [0, 0.05) is 41.7 Å². The molecule has 1 saturated carbocycles. The highest BCUT2D eigenvalue weighted by Crippen LogP contribution is 2.41. The average Bonchev–Trinajstić information content (AvgIpc) is 3.31. The molecule has 3 heterocycles. The molecule has 5 rings (SSSR count). The topological polar surface area (TPSA) is 85.6 Å². The van der Waals surface area contributed by atoms with E-state index in [0.717, 1.165) is 34.0 Å². The fourth-order valence-electron chi connectivity index (χ4n) is 3.28. The van der Waals surface area contributed by atoms with Gasteiger partial charge in [0.1, 0.15) is 11.0 Å². The summed E-state index contributed by atoms with van der Waals surface area (Å²) < 4.78 is 10.4. The van der Waals surface area contributed by atoms with Crippen molar-refractivity contribution in [1.82, 2.24) is 28.8 Å². The molecular weight excluding hydrogens is 372 g/mol. The standard InChI is InChI=1S/C20H18N6OS/c27-20(15-3-4-16-18(11-15)25-28-24-16)22-9-10-26-19(14-1-2-14)12-17(23-26)13-5-7-21-8-6-13/h3-8,11-12,14H,1-2,9-10H2,(H,22,27). The zero-order valence-electron chi connectivity index (χ0n) is 15.1. The normalized spacial score (nSPS) is 13.7. The van der Waals surface area contributed by atoms with Crippen LogP contribution >= 0.6 is 11.7 Å². The second-order valence-corrected chi connectivity index (χ2v) is 7.44. The molecule has 8 heteroatoms. The lowest BCUT2D eigenvalue weighted by Crippen LogP contribution is -2.27. The minimum absolute atomic E-state index is 0.107. The van der Waals surface area contributed by atoms with Crippen LogP contribution in [-0.4, -0.2) is 36.0 Å². The molecule has 1 fully saturated rings. The largest absolute Gasteiger partial charge is 0.350 e. The monoisotopic (exact) mass is 390 g/mol. The van der Waals surface area contributed by atoms with Gasteiger partial charge in [-0.05, 0) is 49.2 Å². The number of benzene rings is 1. The molecule has 0 bridgehead atoms. The Bertz CT molecular complexity index is 1130. The van der Waals surface area contributed by atoms with Gasteiger partial charge in [-0.1, -0.05) is 0 Å². The third-order valence-electron chi connectivity index (χ3n) is 4.91. The third-order valence-corrected chi connectivity index (χ3v) is 5.46. The van der Waals surface area contributed by atoms with Gasteiger partial charge in [-0.3, -0.25) is 14.5 Å². The smallest absolute Gasteiger partial charge is 0.251 e. The molecular formula is C20H18N6OS. The van der Waals surface area contributed by atoms with Crippen LogP contribution < -0.4 is 5.32 Å². The van der Waals surface area contributed by atoms with E-state index in [2.05, 4.69) is 25.1 Å². The first-order valence-electron chi connectivity index (χ1n) is 9.26. The maximum absolute atomic E-state index is 12.5. The number of carbonyl (C=O) groups is 1. The van der Waals surface area contributed by atoms with E-state index in [4.69, 9.17) is 5.10 Å². The zero-order chi connectivity index (χ0) is 18.9. The number of hydrogen-bond acceptors (Lipinski definition) is 6. The van der Waals surface area contributed by atoms with Gasteiger partial charge in [0.25, 0.3) is 5.91 Å². The summed E-state index contributed by atoms with van der Waals surface area (Å²) in [5, 5.41) is 7.75. The second kappa shape index (κ2) is 7.12. The summed E-state index contributed by atoms with van der Waals surface area (Å²) in [5.41, 5.74) is 5.43. The fraction of sp³-hybridized carbons (Fsp3) is 0.250. The van der Waals surface area contributed by atoms with Gasteiger partial charge >= 0.3 is 0 Å². The van der Waals surface area contributed by atoms with Crippen LogP contribution in [0.2, 0.25) is 0 Å². The van der Waals surface area contributed by atoms with Gasteiger partial charge in [0.15, 0.2) is 0 Å². The lowest BCUT2D eigenvalue weighted by Gasteiger charge is -2.08. The van der Waals surface area contributed by atoms with Crippen molar-refractivity contribution in [2.75, 3.05) is 6.54 Å². The van der Waals surface area contributed by atoms with Gasteiger partial charge in [0.05, 0.1) is 24.0 Å². The van der Waals surface area contributed by atoms with Gasteiger partial charge in [-0.25, -0.2) is 0 Å². The fourth-order valence-corrected chi connectivity index (χ4v) is 3.80. The van der Waals surface area contributed by atoms with Gasteiger partial charge in [0.2, 0.25) is 0 Å².